The second-order valence-electron chi connectivity index (χ2n) is 7.31. The minimum atomic E-state index is 0.585. The number of piperidine rings is 1. The van der Waals surface area contributed by atoms with Crippen molar-refractivity contribution >= 4 is 16.5 Å². The molecule has 1 aromatic heterocycles. The van der Waals surface area contributed by atoms with Crippen LogP contribution in [0.2, 0.25) is 0 Å². The van der Waals surface area contributed by atoms with Gasteiger partial charge in [0.05, 0.1) is 31.0 Å². The molecule has 2 aromatic rings. The van der Waals surface area contributed by atoms with Crippen molar-refractivity contribution in [2.45, 2.75) is 31.3 Å². The highest BCUT2D eigenvalue weighted by atomic mass is 16.5. The van der Waals surface area contributed by atoms with E-state index >= 15 is 0 Å². The van der Waals surface area contributed by atoms with Gasteiger partial charge in [-0.25, -0.2) is 0 Å². The van der Waals surface area contributed by atoms with Crippen LogP contribution < -0.4 is 0 Å². The van der Waals surface area contributed by atoms with E-state index in [1.54, 1.807) is 0 Å². The molecule has 0 N–H and O–H groups in total. The number of ether oxygens (including phenoxy) is 1. The zero-order valence-electron chi connectivity index (χ0n) is 13.6. The summed E-state index contributed by atoms with van der Waals surface area (Å²) in [5, 5.41) is 6.03. The van der Waals surface area contributed by atoms with E-state index in [0.29, 0.717) is 6.04 Å². The minimum absolute atomic E-state index is 0.585. The van der Waals surface area contributed by atoms with Crippen molar-refractivity contribution in [1.82, 2.24) is 14.7 Å². The number of likely N-dealkylation sites (tertiary alicyclic amines) is 1. The molecule has 3 aliphatic rings. The molecular weight excluding hydrogens is 286 g/mol. The van der Waals surface area contributed by atoms with Crippen LogP contribution in [0.15, 0.2) is 30.5 Å². The molecule has 0 radical (unpaired) electrons. The highest BCUT2D eigenvalue weighted by molar-refractivity contribution is 5.83. The number of fused-ring (bicyclic) bond motifs is 3. The average Bonchev–Trinajstić information content (AvgIpc) is 3.27. The van der Waals surface area contributed by atoms with Gasteiger partial charge in [-0.3, -0.25) is 4.68 Å². The molecule has 3 unspecified atom stereocenters. The summed E-state index contributed by atoms with van der Waals surface area (Å²) in [6, 6.07) is 8.17. The maximum atomic E-state index is 5.42. The predicted molar refractivity (Wildman–Crippen MR) is 91.3 cm³/mol. The smallest absolute Gasteiger partial charge is 0.0686 e. The summed E-state index contributed by atoms with van der Waals surface area (Å²) in [5.41, 5.74) is 4.03. The average molecular weight is 309 g/mol. The van der Waals surface area contributed by atoms with Crippen LogP contribution in [-0.4, -0.2) is 47.5 Å². The Morgan fingerprint density at radius 3 is 2.96 bits per heavy atom. The van der Waals surface area contributed by atoms with Gasteiger partial charge in [0.25, 0.3) is 0 Å². The fraction of sp³-hybridized carbons (Fsp3) is 0.526. The Hall–Kier alpha value is -1.65. The Balaban J connectivity index is 1.49. The molecule has 2 aliphatic heterocycles. The van der Waals surface area contributed by atoms with Crippen LogP contribution >= 0.6 is 0 Å². The van der Waals surface area contributed by atoms with Crippen LogP contribution in [0.3, 0.4) is 0 Å². The first-order valence-corrected chi connectivity index (χ1v) is 8.74. The van der Waals surface area contributed by atoms with Crippen LogP contribution in [0.5, 0.6) is 0 Å². The number of hydrogen-bond acceptors (Lipinski definition) is 3. The largest absolute Gasteiger partial charge is 0.377 e. The summed E-state index contributed by atoms with van der Waals surface area (Å²) in [6.07, 6.45) is 7.86. The van der Waals surface area contributed by atoms with E-state index < -0.39 is 0 Å². The first-order valence-electron chi connectivity index (χ1n) is 8.74. The highest BCUT2D eigenvalue weighted by Crippen LogP contribution is 2.44. The first kappa shape index (κ1) is 13.8. The number of rotatable bonds is 2. The number of nitrogens with zero attached hydrogens (tertiary/aromatic N) is 3. The van der Waals surface area contributed by atoms with Gasteiger partial charge in [0.1, 0.15) is 0 Å². The number of hydrogen-bond donors (Lipinski definition) is 0. The molecule has 5 rings (SSSR count). The molecule has 1 saturated heterocycles. The summed E-state index contributed by atoms with van der Waals surface area (Å²) in [7, 11) is 2.26. The number of benzene rings is 1. The fourth-order valence-electron chi connectivity index (χ4n) is 4.76. The molecule has 2 bridgehead atoms. The van der Waals surface area contributed by atoms with E-state index in [0.717, 1.165) is 31.6 Å². The van der Waals surface area contributed by atoms with Crippen LogP contribution in [0.1, 0.15) is 30.9 Å². The molecular formula is C19H23N3O. The molecule has 1 aliphatic carbocycles. The first-order chi connectivity index (χ1) is 11.3. The predicted octanol–water partition coefficient (Wildman–Crippen LogP) is 3.11. The molecule has 3 heterocycles. The SMILES string of the molecule is CN1CC2CC1CC2n1ncc2cc(C3=CCOCC3)ccc21. The van der Waals surface area contributed by atoms with E-state index in [1.165, 1.54) is 41.4 Å². The van der Waals surface area contributed by atoms with E-state index in [4.69, 9.17) is 9.84 Å². The zero-order chi connectivity index (χ0) is 15.4. The molecule has 0 spiro atoms. The van der Waals surface area contributed by atoms with Gasteiger partial charge in [-0.1, -0.05) is 12.1 Å². The Morgan fingerprint density at radius 2 is 2.22 bits per heavy atom. The third kappa shape index (κ3) is 2.16. The van der Waals surface area contributed by atoms with E-state index in [9.17, 15) is 0 Å². The van der Waals surface area contributed by atoms with E-state index in [-0.39, 0.29) is 0 Å². The van der Waals surface area contributed by atoms with Gasteiger partial charge in [-0.05, 0) is 55.5 Å². The summed E-state index contributed by atoms with van der Waals surface area (Å²) >= 11 is 0. The van der Waals surface area contributed by atoms with Crippen molar-refractivity contribution in [1.29, 1.82) is 0 Å². The third-order valence-corrected chi connectivity index (χ3v) is 6.02. The molecule has 120 valence electrons. The number of aromatic nitrogens is 2. The standard InChI is InChI=1S/C19H23N3O/c1-21-12-16-9-17(21)10-19(16)22-18-3-2-14(8-15(18)11-20-22)13-4-6-23-7-5-13/h2-4,8,11,16-17,19H,5-7,9-10,12H2,1H3. The second-order valence-corrected chi connectivity index (χ2v) is 7.31. The Morgan fingerprint density at radius 1 is 1.26 bits per heavy atom. The molecule has 2 fully saturated rings. The minimum Gasteiger partial charge on any atom is -0.377 e. The van der Waals surface area contributed by atoms with Crippen LogP contribution in [0.4, 0.5) is 0 Å². The highest BCUT2D eigenvalue weighted by Gasteiger charge is 2.44. The van der Waals surface area contributed by atoms with Crippen LogP contribution in [0.25, 0.3) is 16.5 Å². The van der Waals surface area contributed by atoms with Gasteiger partial charge in [-0.15, -0.1) is 0 Å². The monoisotopic (exact) mass is 309 g/mol. The topological polar surface area (TPSA) is 30.3 Å². The molecule has 4 heteroatoms. The van der Waals surface area contributed by atoms with E-state index in [2.05, 4.69) is 47.1 Å². The molecule has 1 aromatic carbocycles. The third-order valence-electron chi connectivity index (χ3n) is 6.02. The van der Waals surface area contributed by atoms with Crippen LogP contribution in [-0.2, 0) is 4.74 Å². The summed E-state index contributed by atoms with van der Waals surface area (Å²) in [5.74, 6) is 0.769. The van der Waals surface area contributed by atoms with Crippen molar-refractivity contribution < 1.29 is 4.74 Å². The zero-order valence-corrected chi connectivity index (χ0v) is 13.6. The molecule has 4 nitrogen and oxygen atoms in total. The Bertz CT molecular complexity index is 776. The van der Waals surface area contributed by atoms with E-state index in [1.807, 2.05) is 0 Å². The maximum absolute atomic E-state index is 5.42. The fourth-order valence-corrected chi connectivity index (χ4v) is 4.76. The van der Waals surface area contributed by atoms with Crippen molar-refractivity contribution in [3.8, 4) is 0 Å². The van der Waals surface area contributed by atoms with Crippen molar-refractivity contribution in [2.75, 3.05) is 26.8 Å². The summed E-state index contributed by atoms with van der Waals surface area (Å²) in [4.78, 5) is 2.52. The lowest BCUT2D eigenvalue weighted by Crippen LogP contribution is -2.33. The molecule has 23 heavy (non-hydrogen) atoms. The lowest BCUT2D eigenvalue weighted by Gasteiger charge is -2.29. The quantitative estimate of drug-likeness (QED) is 0.854. The molecule has 0 amide bonds. The Labute approximate surface area is 136 Å². The van der Waals surface area contributed by atoms with Gasteiger partial charge in [0.2, 0.25) is 0 Å². The van der Waals surface area contributed by atoms with Crippen LogP contribution in [0, 0.1) is 5.92 Å². The Kier molecular flexibility index (Phi) is 3.10. The van der Waals surface area contributed by atoms with Gasteiger partial charge < -0.3 is 9.64 Å². The lowest BCUT2D eigenvalue weighted by molar-refractivity contribution is 0.161. The molecule has 1 saturated carbocycles. The van der Waals surface area contributed by atoms with Crippen molar-refractivity contribution in [2.24, 2.45) is 5.92 Å². The summed E-state index contributed by atoms with van der Waals surface area (Å²) in [6.45, 7) is 2.80. The summed E-state index contributed by atoms with van der Waals surface area (Å²) < 4.78 is 7.72. The van der Waals surface area contributed by atoms with Crippen molar-refractivity contribution in [3.05, 3.63) is 36.0 Å². The molecule has 3 atom stereocenters. The van der Waals surface area contributed by atoms with Gasteiger partial charge >= 0.3 is 0 Å². The van der Waals surface area contributed by atoms with Gasteiger partial charge in [0, 0.05) is 18.0 Å². The van der Waals surface area contributed by atoms with Gasteiger partial charge in [0.15, 0.2) is 0 Å². The van der Waals surface area contributed by atoms with Crippen molar-refractivity contribution in [3.63, 3.8) is 0 Å². The maximum Gasteiger partial charge on any atom is 0.0686 e. The second kappa shape index (κ2) is 5.18. The normalized spacial score (nSPS) is 31.0. The lowest BCUT2D eigenvalue weighted by atomic mass is 9.99. The van der Waals surface area contributed by atoms with Gasteiger partial charge in [-0.2, -0.15) is 5.10 Å².